The number of nitrogens with zero attached hydrogens (tertiary/aromatic N) is 2. The zero-order valence-corrected chi connectivity index (χ0v) is 10.9. The van der Waals surface area contributed by atoms with E-state index in [1.54, 1.807) is 12.4 Å². The first kappa shape index (κ1) is 12.8. The fourth-order valence-electron chi connectivity index (χ4n) is 1.91. The van der Waals surface area contributed by atoms with Crippen molar-refractivity contribution in [1.82, 2.24) is 9.97 Å². The molecule has 0 saturated carbocycles. The number of hydrogen-bond acceptors (Lipinski definition) is 3. The zero-order chi connectivity index (χ0) is 12.8. The fraction of sp³-hybridized carbons (Fsp3) is 0.429. The SMILES string of the molecule is C1CCOC1.CC=Nc1cnc2[nH]ccc2c1C. The Morgan fingerprint density at radius 2 is 2.17 bits per heavy atom. The molecular weight excluding hydrogens is 226 g/mol. The van der Waals surface area contributed by atoms with Gasteiger partial charge in [0.25, 0.3) is 0 Å². The number of aromatic amines is 1. The quantitative estimate of drug-likeness (QED) is 0.783. The molecule has 18 heavy (non-hydrogen) atoms. The van der Waals surface area contributed by atoms with Gasteiger partial charge in [-0.05, 0) is 38.3 Å². The van der Waals surface area contributed by atoms with Crippen LogP contribution >= 0.6 is 0 Å². The van der Waals surface area contributed by atoms with Crippen LogP contribution in [0.2, 0.25) is 0 Å². The molecule has 1 aliphatic heterocycles. The summed E-state index contributed by atoms with van der Waals surface area (Å²) in [6.07, 6.45) is 8.01. The molecular formula is C14H19N3O. The lowest BCUT2D eigenvalue weighted by atomic mass is 10.2. The summed E-state index contributed by atoms with van der Waals surface area (Å²) in [5.41, 5.74) is 3.03. The largest absolute Gasteiger partial charge is 0.381 e. The van der Waals surface area contributed by atoms with E-state index in [-0.39, 0.29) is 0 Å². The standard InChI is InChI=1S/C10H11N3.C4H8O/c1-3-11-9-6-13-10-8(7(9)2)4-5-12-10;1-2-4-5-3-1/h3-6H,1-2H3,(H,12,13);1-4H2. The molecule has 0 aliphatic carbocycles. The summed E-state index contributed by atoms with van der Waals surface area (Å²) in [5, 5.41) is 1.14. The highest BCUT2D eigenvalue weighted by Gasteiger charge is 2.03. The van der Waals surface area contributed by atoms with E-state index < -0.39 is 0 Å². The van der Waals surface area contributed by atoms with Crippen LogP contribution in [-0.4, -0.2) is 29.4 Å². The van der Waals surface area contributed by atoms with E-state index in [4.69, 9.17) is 4.74 Å². The van der Waals surface area contributed by atoms with Gasteiger partial charge < -0.3 is 9.72 Å². The maximum absolute atomic E-state index is 4.94. The zero-order valence-electron chi connectivity index (χ0n) is 10.9. The van der Waals surface area contributed by atoms with Gasteiger partial charge in [-0.25, -0.2) is 4.98 Å². The Bertz CT molecular complexity index is 519. The minimum atomic E-state index is 0.924. The summed E-state index contributed by atoms with van der Waals surface area (Å²) in [7, 11) is 0. The number of aryl methyl sites for hydroxylation is 1. The van der Waals surface area contributed by atoms with E-state index in [2.05, 4.69) is 21.9 Å². The average molecular weight is 245 g/mol. The molecule has 3 heterocycles. The molecule has 0 spiro atoms. The van der Waals surface area contributed by atoms with Crippen molar-refractivity contribution in [3.05, 3.63) is 24.0 Å². The molecule has 0 amide bonds. The first-order valence-corrected chi connectivity index (χ1v) is 6.32. The van der Waals surface area contributed by atoms with Crippen molar-refractivity contribution in [3.63, 3.8) is 0 Å². The second-order valence-corrected chi connectivity index (χ2v) is 4.22. The number of aromatic nitrogens is 2. The van der Waals surface area contributed by atoms with Gasteiger partial charge in [-0.3, -0.25) is 4.99 Å². The summed E-state index contributed by atoms with van der Waals surface area (Å²) >= 11 is 0. The van der Waals surface area contributed by atoms with E-state index in [1.165, 1.54) is 18.4 Å². The van der Waals surface area contributed by atoms with Gasteiger partial charge in [0.2, 0.25) is 0 Å². The van der Waals surface area contributed by atoms with Crippen LogP contribution < -0.4 is 0 Å². The third-order valence-corrected chi connectivity index (χ3v) is 2.92. The number of nitrogens with one attached hydrogen (secondary N) is 1. The Hall–Kier alpha value is -1.68. The monoisotopic (exact) mass is 245 g/mol. The van der Waals surface area contributed by atoms with Crippen LogP contribution in [0.25, 0.3) is 11.0 Å². The lowest BCUT2D eigenvalue weighted by molar-refractivity contribution is 0.198. The van der Waals surface area contributed by atoms with Crippen molar-refractivity contribution in [2.75, 3.05) is 13.2 Å². The number of ether oxygens (including phenoxy) is 1. The minimum Gasteiger partial charge on any atom is -0.381 e. The number of pyridine rings is 1. The number of fused-ring (bicyclic) bond motifs is 1. The Labute approximate surface area is 107 Å². The first-order valence-electron chi connectivity index (χ1n) is 6.32. The van der Waals surface area contributed by atoms with E-state index >= 15 is 0 Å². The van der Waals surface area contributed by atoms with Crippen molar-refractivity contribution >= 4 is 22.9 Å². The molecule has 3 rings (SSSR count). The van der Waals surface area contributed by atoms with Crippen molar-refractivity contribution in [3.8, 4) is 0 Å². The Morgan fingerprint density at radius 1 is 1.39 bits per heavy atom. The Morgan fingerprint density at radius 3 is 2.78 bits per heavy atom. The highest BCUT2D eigenvalue weighted by molar-refractivity contribution is 5.84. The molecule has 1 saturated heterocycles. The van der Waals surface area contributed by atoms with Gasteiger partial charge in [-0.1, -0.05) is 0 Å². The van der Waals surface area contributed by atoms with Crippen LogP contribution in [0.15, 0.2) is 23.5 Å². The molecule has 1 N–H and O–H groups in total. The summed E-state index contributed by atoms with van der Waals surface area (Å²) in [5.74, 6) is 0. The maximum atomic E-state index is 4.94. The summed E-state index contributed by atoms with van der Waals surface area (Å²) in [6.45, 7) is 5.96. The molecule has 0 unspecified atom stereocenters. The number of H-pyrrole nitrogens is 1. The number of hydrogen-bond donors (Lipinski definition) is 1. The summed E-state index contributed by atoms with van der Waals surface area (Å²) < 4.78 is 4.94. The summed E-state index contributed by atoms with van der Waals surface area (Å²) in [4.78, 5) is 11.6. The second kappa shape index (κ2) is 6.31. The minimum absolute atomic E-state index is 0.924. The van der Waals surface area contributed by atoms with E-state index in [9.17, 15) is 0 Å². The van der Waals surface area contributed by atoms with Gasteiger partial charge in [0, 0.05) is 31.0 Å². The maximum Gasteiger partial charge on any atom is 0.137 e. The van der Waals surface area contributed by atoms with Gasteiger partial charge in [0.05, 0.1) is 11.9 Å². The number of aliphatic imine (C=N–C) groups is 1. The van der Waals surface area contributed by atoms with Gasteiger partial charge in [0.1, 0.15) is 5.65 Å². The topological polar surface area (TPSA) is 50.3 Å². The predicted octanol–water partition coefficient (Wildman–Crippen LogP) is 3.39. The van der Waals surface area contributed by atoms with Crippen molar-refractivity contribution < 1.29 is 4.74 Å². The van der Waals surface area contributed by atoms with Crippen LogP contribution in [0.4, 0.5) is 5.69 Å². The normalized spacial score (nSPS) is 15.0. The fourth-order valence-corrected chi connectivity index (χ4v) is 1.91. The second-order valence-electron chi connectivity index (χ2n) is 4.22. The van der Waals surface area contributed by atoms with Crippen LogP contribution in [-0.2, 0) is 4.74 Å². The molecule has 0 bridgehead atoms. The number of rotatable bonds is 1. The van der Waals surface area contributed by atoms with Crippen LogP contribution in [0.1, 0.15) is 25.3 Å². The van der Waals surface area contributed by atoms with E-state index in [1.807, 2.05) is 19.2 Å². The van der Waals surface area contributed by atoms with Crippen molar-refractivity contribution in [2.24, 2.45) is 4.99 Å². The van der Waals surface area contributed by atoms with Crippen molar-refractivity contribution in [2.45, 2.75) is 26.7 Å². The third kappa shape index (κ3) is 2.96. The van der Waals surface area contributed by atoms with Crippen LogP contribution in [0, 0.1) is 6.92 Å². The molecule has 1 fully saturated rings. The van der Waals surface area contributed by atoms with E-state index in [0.29, 0.717) is 0 Å². The molecule has 0 radical (unpaired) electrons. The lowest BCUT2D eigenvalue weighted by Crippen LogP contribution is -1.81. The smallest absolute Gasteiger partial charge is 0.137 e. The first-order chi connectivity index (χ1) is 8.83. The third-order valence-electron chi connectivity index (χ3n) is 2.92. The summed E-state index contributed by atoms with van der Waals surface area (Å²) in [6, 6.07) is 2.02. The van der Waals surface area contributed by atoms with Gasteiger partial charge in [0.15, 0.2) is 0 Å². The lowest BCUT2D eigenvalue weighted by Gasteiger charge is -1.99. The Kier molecular flexibility index (Phi) is 4.47. The molecule has 2 aromatic heterocycles. The molecule has 4 heteroatoms. The van der Waals surface area contributed by atoms with Crippen LogP contribution in [0.5, 0.6) is 0 Å². The van der Waals surface area contributed by atoms with Gasteiger partial charge >= 0.3 is 0 Å². The highest BCUT2D eigenvalue weighted by atomic mass is 16.5. The molecule has 0 aromatic carbocycles. The Balaban J connectivity index is 0.000000202. The van der Waals surface area contributed by atoms with Crippen molar-refractivity contribution in [1.29, 1.82) is 0 Å². The van der Waals surface area contributed by atoms with Gasteiger partial charge in [-0.2, -0.15) is 0 Å². The van der Waals surface area contributed by atoms with E-state index in [0.717, 1.165) is 29.9 Å². The molecule has 96 valence electrons. The van der Waals surface area contributed by atoms with Crippen LogP contribution in [0.3, 0.4) is 0 Å². The predicted molar refractivity (Wildman–Crippen MR) is 74.7 cm³/mol. The average Bonchev–Trinajstić information content (AvgIpc) is 3.05. The molecule has 1 aliphatic rings. The highest BCUT2D eigenvalue weighted by Crippen LogP contribution is 2.24. The molecule has 0 atom stereocenters. The van der Waals surface area contributed by atoms with Gasteiger partial charge in [-0.15, -0.1) is 0 Å². The molecule has 2 aromatic rings. The molecule has 4 nitrogen and oxygen atoms in total.